The van der Waals surface area contributed by atoms with E-state index in [-0.39, 0.29) is 24.7 Å². The van der Waals surface area contributed by atoms with Crippen LogP contribution in [0.25, 0.3) is 0 Å². The number of ether oxygens (including phenoxy) is 3. The van der Waals surface area contributed by atoms with E-state index in [2.05, 4.69) is 79.0 Å². The van der Waals surface area contributed by atoms with Crippen molar-refractivity contribution in [1.29, 1.82) is 0 Å². The summed E-state index contributed by atoms with van der Waals surface area (Å²) in [4.78, 5) is 45.8. The van der Waals surface area contributed by atoms with Crippen LogP contribution >= 0.6 is 0 Å². The molecule has 3 aromatic carbocycles. The van der Waals surface area contributed by atoms with Crippen molar-refractivity contribution in [2.45, 2.75) is 89.4 Å². The summed E-state index contributed by atoms with van der Waals surface area (Å²) in [6.07, 6.45) is 2.11. The molecule has 6 rings (SSSR count). The maximum atomic E-state index is 13.5. The molecule has 0 radical (unpaired) electrons. The monoisotopic (exact) mass is 768 g/mol. The van der Waals surface area contributed by atoms with Gasteiger partial charge in [0.15, 0.2) is 0 Å². The van der Waals surface area contributed by atoms with Crippen LogP contribution in [0.4, 0.5) is 4.79 Å². The fourth-order valence-corrected chi connectivity index (χ4v) is 12.6. The van der Waals surface area contributed by atoms with E-state index >= 15 is 0 Å². The van der Waals surface area contributed by atoms with Crippen LogP contribution in [0.3, 0.4) is 0 Å². The summed E-state index contributed by atoms with van der Waals surface area (Å²) < 4.78 is 26.8. The highest BCUT2D eigenvalue weighted by atomic mass is 28.4. The molecule has 0 bridgehead atoms. The lowest BCUT2D eigenvalue weighted by Gasteiger charge is -2.43. The van der Waals surface area contributed by atoms with Crippen LogP contribution < -0.4 is 21.6 Å². The van der Waals surface area contributed by atoms with Crippen LogP contribution in [0.5, 0.6) is 0 Å². The first-order chi connectivity index (χ1) is 26.4. The zero-order valence-corrected chi connectivity index (χ0v) is 33.8. The molecule has 1 aromatic heterocycles. The smallest absolute Gasteiger partial charge is 0.433 e. The lowest BCUT2D eigenvalue weighted by Crippen LogP contribution is -2.67. The first kappa shape index (κ1) is 40.3. The number of aryl methyl sites for hydroxylation is 1. The number of H-pyrrole nitrogens is 1. The Kier molecular flexibility index (Phi) is 13.3. The first-order valence-electron chi connectivity index (χ1n) is 19.5. The Morgan fingerprint density at radius 3 is 2.20 bits per heavy atom. The van der Waals surface area contributed by atoms with Crippen LogP contribution in [0, 0.1) is 6.92 Å². The quantitative estimate of drug-likeness (QED) is 0.136. The Hall–Kier alpha value is -4.33. The van der Waals surface area contributed by atoms with Crippen LogP contribution in [-0.4, -0.2) is 92.0 Å². The van der Waals surface area contributed by atoms with Crippen LogP contribution in [0.2, 0.25) is 5.04 Å². The highest BCUT2D eigenvalue weighted by Crippen LogP contribution is 2.38. The standard InChI is InChI=1S/C43H56N4O7Si/c1-32-28-47(41(49)44-40(32)48)39-27-37(38(53-39)31-52-55(43(2,3)4,35-20-11-7-12-21-35)36-22-13-8-14-23-36)54-42(50)51-26-25-46(29-33-17-9-6-10-18-33)30-34-19-15-16-24-45(34)5/h6-14,17-18,20-23,28,34,37-39H,15-16,19,24-27,29-31H2,1-5H3,(H,44,48,49)/t34?,37?,38-,39-/m1/s1. The molecule has 294 valence electrons. The molecule has 0 aliphatic carbocycles. The third kappa shape index (κ3) is 9.74. The second-order valence-corrected chi connectivity index (χ2v) is 20.2. The molecule has 4 aromatic rings. The summed E-state index contributed by atoms with van der Waals surface area (Å²) in [6.45, 7) is 11.7. The normalized spacial score (nSPS) is 20.8. The number of nitrogens with zero attached hydrogens (tertiary/aromatic N) is 3. The summed E-state index contributed by atoms with van der Waals surface area (Å²) in [5.41, 5.74) is 0.511. The highest BCUT2D eigenvalue weighted by molar-refractivity contribution is 6.99. The van der Waals surface area contributed by atoms with Crippen molar-refractivity contribution >= 4 is 24.8 Å². The van der Waals surface area contributed by atoms with Gasteiger partial charge in [0.1, 0.15) is 25.0 Å². The van der Waals surface area contributed by atoms with E-state index in [1.54, 1.807) is 6.92 Å². The van der Waals surface area contributed by atoms with Gasteiger partial charge in [0.05, 0.1) is 6.61 Å². The van der Waals surface area contributed by atoms with E-state index in [4.69, 9.17) is 18.6 Å². The molecule has 3 heterocycles. The molecule has 0 spiro atoms. The maximum Gasteiger partial charge on any atom is 0.508 e. The Labute approximate surface area is 325 Å². The molecule has 1 N–H and O–H groups in total. The van der Waals surface area contributed by atoms with Crippen molar-refractivity contribution in [2.75, 3.05) is 39.9 Å². The second-order valence-electron chi connectivity index (χ2n) is 15.9. The summed E-state index contributed by atoms with van der Waals surface area (Å²) >= 11 is 0. The minimum Gasteiger partial charge on any atom is -0.433 e. The molecule has 2 aliphatic heterocycles. The number of likely N-dealkylation sites (N-methyl/N-ethyl adjacent to an activating group) is 1. The largest absolute Gasteiger partial charge is 0.508 e. The van der Waals surface area contributed by atoms with Crippen molar-refractivity contribution in [3.63, 3.8) is 0 Å². The number of carbonyl (C=O) groups is 1. The predicted molar refractivity (Wildman–Crippen MR) is 216 cm³/mol. The predicted octanol–water partition coefficient (Wildman–Crippen LogP) is 5.22. The van der Waals surface area contributed by atoms with Gasteiger partial charge in [-0.25, -0.2) is 9.59 Å². The molecular formula is C43H56N4O7Si. The number of piperidine rings is 1. The summed E-state index contributed by atoms with van der Waals surface area (Å²) in [5, 5.41) is 1.91. The van der Waals surface area contributed by atoms with Gasteiger partial charge >= 0.3 is 11.8 Å². The SMILES string of the molecule is Cc1cn([C@H]2CC(OC(=O)OCCN(Cc3ccccc3)CC3CCCCN3C)[C@@H](CO[Si](c3ccccc3)(c3ccccc3)C(C)(C)C)O2)c(=O)[nH]c1=O. The van der Waals surface area contributed by atoms with Gasteiger partial charge < -0.3 is 23.5 Å². The van der Waals surface area contributed by atoms with Gasteiger partial charge in [0.2, 0.25) is 0 Å². The molecule has 11 nitrogen and oxygen atoms in total. The maximum absolute atomic E-state index is 13.5. The number of carbonyl (C=O) groups excluding carboxylic acids is 1. The zero-order valence-electron chi connectivity index (χ0n) is 32.8. The van der Waals surface area contributed by atoms with Gasteiger partial charge in [-0.05, 0) is 54.3 Å². The molecule has 2 aliphatic rings. The van der Waals surface area contributed by atoms with Crippen LogP contribution in [0.15, 0.2) is 107 Å². The van der Waals surface area contributed by atoms with E-state index in [1.165, 1.54) is 29.2 Å². The fraction of sp³-hybridized carbons (Fsp3) is 0.465. The number of rotatable bonds is 14. The van der Waals surface area contributed by atoms with Crippen LogP contribution in [0.1, 0.15) is 63.8 Å². The van der Waals surface area contributed by atoms with Gasteiger partial charge in [-0.3, -0.25) is 19.2 Å². The topological polar surface area (TPSA) is 115 Å². The minimum atomic E-state index is -2.98. The molecule has 0 saturated carbocycles. The van der Waals surface area contributed by atoms with E-state index in [0.717, 1.165) is 36.4 Å². The number of hydrogen-bond donors (Lipinski definition) is 1. The zero-order chi connectivity index (χ0) is 39.0. The molecular weight excluding hydrogens is 713 g/mol. The lowest BCUT2D eigenvalue weighted by molar-refractivity contribution is -0.0554. The summed E-state index contributed by atoms with van der Waals surface area (Å²) in [5.74, 6) is 0. The number of likely N-dealkylation sites (tertiary alicyclic amines) is 1. The van der Waals surface area contributed by atoms with E-state index < -0.39 is 44.2 Å². The van der Waals surface area contributed by atoms with Gasteiger partial charge in [-0.15, -0.1) is 0 Å². The number of hydrogen-bond acceptors (Lipinski definition) is 9. The van der Waals surface area contributed by atoms with Gasteiger partial charge in [-0.2, -0.15) is 0 Å². The van der Waals surface area contributed by atoms with E-state index in [1.807, 2.05) is 54.6 Å². The number of aromatic amines is 1. The fourth-order valence-electron chi connectivity index (χ4n) is 8.08. The Bertz CT molecular complexity index is 1910. The van der Waals surface area contributed by atoms with E-state index in [9.17, 15) is 14.4 Å². The van der Waals surface area contributed by atoms with Gasteiger partial charge in [0, 0.05) is 43.9 Å². The molecule has 2 unspecified atom stereocenters. The third-order valence-corrected chi connectivity index (χ3v) is 16.0. The summed E-state index contributed by atoms with van der Waals surface area (Å²) in [7, 11) is -0.795. The van der Waals surface area contributed by atoms with Crippen molar-refractivity contribution in [3.05, 3.63) is 129 Å². The average molecular weight is 769 g/mol. The molecule has 55 heavy (non-hydrogen) atoms. The Balaban J connectivity index is 1.20. The van der Waals surface area contributed by atoms with Crippen molar-refractivity contribution in [3.8, 4) is 0 Å². The Morgan fingerprint density at radius 1 is 0.945 bits per heavy atom. The van der Waals surface area contributed by atoms with Gasteiger partial charge in [-0.1, -0.05) is 118 Å². The Morgan fingerprint density at radius 2 is 1.58 bits per heavy atom. The van der Waals surface area contributed by atoms with Crippen molar-refractivity contribution in [1.82, 2.24) is 19.4 Å². The molecule has 4 atom stereocenters. The number of nitrogens with one attached hydrogen (secondary N) is 1. The summed E-state index contributed by atoms with van der Waals surface area (Å²) in [6, 6.07) is 31.3. The number of benzene rings is 3. The van der Waals surface area contributed by atoms with E-state index in [0.29, 0.717) is 18.2 Å². The van der Waals surface area contributed by atoms with Crippen molar-refractivity contribution < 1.29 is 23.4 Å². The molecule has 2 saturated heterocycles. The molecule has 2 fully saturated rings. The minimum absolute atomic E-state index is 0.0958. The van der Waals surface area contributed by atoms with Gasteiger partial charge in [0.25, 0.3) is 13.9 Å². The number of aromatic nitrogens is 2. The average Bonchev–Trinajstić information content (AvgIpc) is 3.56. The van der Waals surface area contributed by atoms with Crippen LogP contribution in [-0.2, 0) is 25.2 Å². The van der Waals surface area contributed by atoms with Crippen molar-refractivity contribution in [2.24, 2.45) is 0 Å². The molecule has 12 heteroatoms. The molecule has 0 amide bonds. The second kappa shape index (κ2) is 18.1. The lowest BCUT2D eigenvalue weighted by atomic mass is 10.0. The first-order valence-corrected chi connectivity index (χ1v) is 21.4. The third-order valence-electron chi connectivity index (χ3n) is 11.0. The highest BCUT2D eigenvalue weighted by Gasteiger charge is 2.51.